The molecule has 0 radical (unpaired) electrons. The Hall–Kier alpha value is -1.20. The largest absolute Gasteiger partial charge is 0.376 e. The number of nitrogens with zero attached hydrogens (tertiary/aromatic N) is 2. The monoisotopic (exact) mass is 275 g/mol. The van der Waals surface area contributed by atoms with Gasteiger partial charge in [-0.1, -0.05) is 0 Å². The van der Waals surface area contributed by atoms with Crippen LogP contribution in [0.3, 0.4) is 0 Å². The van der Waals surface area contributed by atoms with Crippen LogP contribution in [-0.2, 0) is 17.8 Å². The summed E-state index contributed by atoms with van der Waals surface area (Å²) in [6.45, 7) is 1.10. The second-order valence-electron chi connectivity index (χ2n) is 6.40. The van der Waals surface area contributed by atoms with Crippen LogP contribution in [0.15, 0.2) is 4.79 Å². The zero-order valence-corrected chi connectivity index (χ0v) is 11.9. The van der Waals surface area contributed by atoms with Gasteiger partial charge in [-0.15, -0.1) is 0 Å². The second-order valence-corrected chi connectivity index (χ2v) is 6.40. The van der Waals surface area contributed by atoms with Crippen molar-refractivity contribution in [3.63, 3.8) is 0 Å². The Morgan fingerprint density at radius 2 is 2.05 bits per heavy atom. The van der Waals surface area contributed by atoms with Gasteiger partial charge in [-0.05, 0) is 32.7 Å². The van der Waals surface area contributed by atoms with E-state index in [4.69, 9.17) is 9.72 Å². The molecule has 0 amide bonds. The minimum Gasteiger partial charge on any atom is -0.376 e. The highest BCUT2D eigenvalue weighted by molar-refractivity contribution is 5.21. The molecule has 20 heavy (non-hydrogen) atoms. The van der Waals surface area contributed by atoms with Crippen LogP contribution >= 0.6 is 0 Å². The SMILES string of the molecule is CN1C2CCC1CC(c1nc3c(c(=O)[nH]1)COCC3)C2. The van der Waals surface area contributed by atoms with Crippen LogP contribution in [0.4, 0.5) is 0 Å². The van der Waals surface area contributed by atoms with E-state index in [9.17, 15) is 4.79 Å². The van der Waals surface area contributed by atoms with E-state index in [1.54, 1.807) is 0 Å². The van der Waals surface area contributed by atoms with Crippen molar-refractivity contribution < 1.29 is 4.74 Å². The van der Waals surface area contributed by atoms with Gasteiger partial charge in [-0.2, -0.15) is 0 Å². The number of H-pyrrole nitrogens is 1. The zero-order valence-electron chi connectivity index (χ0n) is 11.9. The van der Waals surface area contributed by atoms with Crippen molar-refractivity contribution in [2.75, 3.05) is 13.7 Å². The van der Waals surface area contributed by atoms with E-state index < -0.39 is 0 Å². The van der Waals surface area contributed by atoms with Crippen LogP contribution in [0.5, 0.6) is 0 Å². The van der Waals surface area contributed by atoms with Gasteiger partial charge in [0.05, 0.1) is 24.5 Å². The molecular formula is C15H21N3O2. The topological polar surface area (TPSA) is 58.2 Å². The molecule has 3 aliphatic rings. The van der Waals surface area contributed by atoms with Crippen molar-refractivity contribution in [3.8, 4) is 0 Å². The number of rotatable bonds is 1. The normalized spacial score (nSPS) is 33.1. The van der Waals surface area contributed by atoms with Gasteiger partial charge in [-0.3, -0.25) is 4.79 Å². The highest BCUT2D eigenvalue weighted by atomic mass is 16.5. The van der Waals surface area contributed by atoms with Crippen molar-refractivity contribution >= 4 is 0 Å². The molecule has 1 aromatic rings. The molecule has 3 aliphatic heterocycles. The maximum atomic E-state index is 12.2. The van der Waals surface area contributed by atoms with Crippen molar-refractivity contribution in [3.05, 3.63) is 27.4 Å². The molecule has 0 spiro atoms. The van der Waals surface area contributed by atoms with E-state index in [1.165, 1.54) is 12.8 Å². The first-order chi connectivity index (χ1) is 9.72. The average molecular weight is 275 g/mol. The number of hydrogen-bond donors (Lipinski definition) is 1. The molecule has 2 atom stereocenters. The number of hydrogen-bond acceptors (Lipinski definition) is 4. The van der Waals surface area contributed by atoms with Crippen LogP contribution in [0, 0.1) is 0 Å². The maximum absolute atomic E-state index is 12.2. The fraction of sp³-hybridized carbons (Fsp3) is 0.733. The van der Waals surface area contributed by atoms with Crippen molar-refractivity contribution in [2.24, 2.45) is 0 Å². The summed E-state index contributed by atoms with van der Waals surface area (Å²) in [5, 5.41) is 0. The molecule has 0 aliphatic carbocycles. The van der Waals surface area contributed by atoms with Crippen LogP contribution in [0.25, 0.3) is 0 Å². The highest BCUT2D eigenvalue weighted by Gasteiger charge is 2.39. The molecule has 2 fully saturated rings. The van der Waals surface area contributed by atoms with E-state index in [-0.39, 0.29) is 5.56 Å². The minimum absolute atomic E-state index is 0.0102. The molecule has 1 N–H and O–H groups in total. The summed E-state index contributed by atoms with van der Waals surface area (Å²) in [6, 6.07) is 1.34. The van der Waals surface area contributed by atoms with E-state index in [1.807, 2.05) is 0 Å². The third kappa shape index (κ3) is 1.91. The molecule has 2 unspecified atom stereocenters. The summed E-state index contributed by atoms with van der Waals surface area (Å²) in [7, 11) is 2.24. The Labute approximate surface area is 118 Å². The summed E-state index contributed by atoms with van der Waals surface area (Å²) >= 11 is 0. The molecule has 5 heteroatoms. The van der Waals surface area contributed by atoms with Crippen LogP contribution in [0.1, 0.15) is 48.7 Å². The lowest BCUT2D eigenvalue weighted by Gasteiger charge is -2.36. The highest BCUT2D eigenvalue weighted by Crippen LogP contribution is 2.41. The first-order valence-electron chi connectivity index (χ1n) is 7.64. The van der Waals surface area contributed by atoms with Gasteiger partial charge < -0.3 is 14.6 Å². The summed E-state index contributed by atoms with van der Waals surface area (Å²) < 4.78 is 5.35. The van der Waals surface area contributed by atoms with Gasteiger partial charge in [0, 0.05) is 24.4 Å². The Bertz CT molecular complexity index is 569. The summed E-state index contributed by atoms with van der Waals surface area (Å²) in [5.74, 6) is 1.34. The summed E-state index contributed by atoms with van der Waals surface area (Å²) in [6.07, 6.45) is 5.61. The van der Waals surface area contributed by atoms with Gasteiger partial charge >= 0.3 is 0 Å². The lowest BCUT2D eigenvalue weighted by atomic mass is 9.90. The Balaban J connectivity index is 1.66. The molecule has 4 rings (SSSR count). The van der Waals surface area contributed by atoms with Crippen molar-refractivity contribution in [1.29, 1.82) is 0 Å². The maximum Gasteiger partial charge on any atom is 0.256 e. The van der Waals surface area contributed by atoms with E-state index in [0.29, 0.717) is 31.2 Å². The van der Waals surface area contributed by atoms with Gasteiger partial charge in [0.15, 0.2) is 0 Å². The molecule has 108 valence electrons. The molecule has 5 nitrogen and oxygen atoms in total. The van der Waals surface area contributed by atoms with Crippen LogP contribution in [0.2, 0.25) is 0 Å². The minimum atomic E-state index is 0.0102. The smallest absolute Gasteiger partial charge is 0.256 e. The van der Waals surface area contributed by atoms with E-state index in [2.05, 4.69) is 16.9 Å². The third-order valence-electron chi connectivity index (χ3n) is 5.33. The number of piperidine rings is 1. The molecule has 0 saturated carbocycles. The Morgan fingerprint density at radius 1 is 1.30 bits per heavy atom. The number of fused-ring (bicyclic) bond motifs is 3. The molecule has 1 aromatic heterocycles. The third-order valence-corrected chi connectivity index (χ3v) is 5.33. The first kappa shape index (κ1) is 12.5. The lowest BCUT2D eigenvalue weighted by Crippen LogP contribution is -2.40. The van der Waals surface area contributed by atoms with Gasteiger partial charge in [-0.25, -0.2) is 4.98 Å². The lowest BCUT2D eigenvalue weighted by molar-refractivity contribution is 0.107. The molecule has 2 bridgehead atoms. The van der Waals surface area contributed by atoms with Crippen molar-refractivity contribution in [2.45, 2.75) is 56.7 Å². The quantitative estimate of drug-likeness (QED) is 0.836. The molecule has 2 saturated heterocycles. The van der Waals surface area contributed by atoms with Crippen LogP contribution in [-0.4, -0.2) is 40.6 Å². The van der Waals surface area contributed by atoms with E-state index in [0.717, 1.165) is 36.3 Å². The van der Waals surface area contributed by atoms with Gasteiger partial charge in [0.1, 0.15) is 5.82 Å². The number of aromatic nitrogens is 2. The van der Waals surface area contributed by atoms with E-state index >= 15 is 0 Å². The number of nitrogens with one attached hydrogen (secondary N) is 1. The first-order valence-corrected chi connectivity index (χ1v) is 7.64. The fourth-order valence-corrected chi connectivity index (χ4v) is 4.09. The van der Waals surface area contributed by atoms with Gasteiger partial charge in [0.25, 0.3) is 5.56 Å². The van der Waals surface area contributed by atoms with Gasteiger partial charge in [0.2, 0.25) is 0 Å². The molecule has 0 aromatic carbocycles. The molecular weight excluding hydrogens is 254 g/mol. The molecule has 4 heterocycles. The van der Waals surface area contributed by atoms with Crippen LogP contribution < -0.4 is 5.56 Å². The summed E-state index contributed by atoms with van der Waals surface area (Å²) in [5.41, 5.74) is 1.70. The fourth-order valence-electron chi connectivity index (χ4n) is 4.09. The Kier molecular flexibility index (Phi) is 2.93. The zero-order chi connectivity index (χ0) is 13.7. The second kappa shape index (κ2) is 4.67. The Morgan fingerprint density at radius 3 is 2.80 bits per heavy atom. The predicted molar refractivity (Wildman–Crippen MR) is 74.8 cm³/mol. The summed E-state index contributed by atoms with van der Waals surface area (Å²) in [4.78, 5) is 22.5. The number of aromatic amines is 1. The van der Waals surface area contributed by atoms with Crippen molar-refractivity contribution in [1.82, 2.24) is 14.9 Å². The standard InChI is InChI=1S/C15H21N3O2/c1-18-10-2-3-11(18)7-9(6-10)14-16-13-4-5-20-8-12(13)15(19)17-14/h9-11H,2-8H2,1H3,(H,16,17,19). The predicted octanol–water partition coefficient (Wildman–Crippen LogP) is 1.18. The average Bonchev–Trinajstić information content (AvgIpc) is 2.68. The number of ether oxygens (including phenoxy) is 1.